The molecule has 2 aromatic heterocycles. The molecular formula is C14H15N5OS. The van der Waals surface area contributed by atoms with E-state index in [1.165, 1.54) is 11.3 Å². The Hall–Kier alpha value is -2.28. The summed E-state index contributed by atoms with van der Waals surface area (Å²) in [6.45, 7) is 1.98. The van der Waals surface area contributed by atoms with E-state index in [9.17, 15) is 4.79 Å². The quantitative estimate of drug-likeness (QED) is 0.782. The molecule has 3 aromatic rings. The van der Waals surface area contributed by atoms with Crippen molar-refractivity contribution in [2.75, 3.05) is 0 Å². The van der Waals surface area contributed by atoms with Gasteiger partial charge in [0, 0.05) is 12.8 Å². The first kappa shape index (κ1) is 13.7. The molecule has 0 saturated carbocycles. The minimum atomic E-state index is 0.0107. The first-order valence-electron chi connectivity index (χ1n) is 6.72. The Bertz CT molecular complexity index is 708. The molecule has 6 nitrogen and oxygen atoms in total. The van der Waals surface area contributed by atoms with E-state index in [1.54, 1.807) is 10.8 Å². The number of amides is 1. The van der Waals surface area contributed by atoms with Gasteiger partial charge in [-0.25, -0.2) is 0 Å². The summed E-state index contributed by atoms with van der Waals surface area (Å²) in [5.74, 6) is 0.0253. The van der Waals surface area contributed by atoms with Crippen molar-refractivity contribution in [1.29, 1.82) is 0 Å². The van der Waals surface area contributed by atoms with Crippen LogP contribution in [0.1, 0.15) is 30.0 Å². The molecule has 2 heterocycles. The molecule has 0 radical (unpaired) electrons. The zero-order chi connectivity index (χ0) is 14.7. The van der Waals surface area contributed by atoms with Crippen LogP contribution in [-0.2, 0) is 11.2 Å². The van der Waals surface area contributed by atoms with Crippen LogP contribution in [0.3, 0.4) is 0 Å². The monoisotopic (exact) mass is 301 g/mol. The van der Waals surface area contributed by atoms with Gasteiger partial charge in [-0.1, -0.05) is 41.7 Å². The summed E-state index contributed by atoms with van der Waals surface area (Å²) in [6, 6.07) is 9.93. The maximum absolute atomic E-state index is 12.0. The number of nitrogens with zero attached hydrogens (tertiary/aromatic N) is 4. The van der Waals surface area contributed by atoms with E-state index in [-0.39, 0.29) is 11.9 Å². The van der Waals surface area contributed by atoms with Gasteiger partial charge in [-0.2, -0.15) is 9.61 Å². The van der Waals surface area contributed by atoms with Crippen molar-refractivity contribution in [3.63, 3.8) is 0 Å². The molecule has 0 aliphatic carbocycles. The van der Waals surface area contributed by atoms with E-state index >= 15 is 0 Å². The Balaban J connectivity index is 1.53. The fraction of sp³-hybridized carbons (Fsp3) is 0.286. The second-order valence-corrected chi connectivity index (χ2v) is 5.79. The molecule has 3 rings (SSSR count). The summed E-state index contributed by atoms with van der Waals surface area (Å²) < 4.78 is 1.63. The number of nitrogens with one attached hydrogen (secondary N) is 1. The maximum atomic E-state index is 12.0. The van der Waals surface area contributed by atoms with Gasteiger partial charge >= 0.3 is 0 Å². The van der Waals surface area contributed by atoms with Gasteiger partial charge in [0.05, 0.1) is 6.04 Å². The fourth-order valence-electron chi connectivity index (χ4n) is 2.06. The molecule has 1 N–H and O–H groups in total. The lowest BCUT2D eigenvalue weighted by Crippen LogP contribution is -2.26. The van der Waals surface area contributed by atoms with Crippen LogP contribution in [0.2, 0.25) is 0 Å². The van der Waals surface area contributed by atoms with Gasteiger partial charge in [-0.3, -0.25) is 4.79 Å². The summed E-state index contributed by atoms with van der Waals surface area (Å²) in [5.41, 5.74) is 1.10. The van der Waals surface area contributed by atoms with Crippen LogP contribution < -0.4 is 5.32 Å². The third-order valence-electron chi connectivity index (χ3n) is 3.17. The SMILES string of the molecule is CC(NC(=O)CCc1nn2cnnc2s1)c1ccccc1. The molecule has 1 atom stereocenters. The van der Waals surface area contributed by atoms with E-state index < -0.39 is 0 Å². The van der Waals surface area contributed by atoms with E-state index in [0.717, 1.165) is 15.5 Å². The van der Waals surface area contributed by atoms with Crippen molar-refractivity contribution in [2.45, 2.75) is 25.8 Å². The van der Waals surface area contributed by atoms with Crippen molar-refractivity contribution < 1.29 is 4.79 Å². The average molecular weight is 301 g/mol. The topological polar surface area (TPSA) is 72.2 Å². The second-order valence-electron chi connectivity index (χ2n) is 4.75. The molecular weight excluding hydrogens is 286 g/mol. The molecule has 1 amide bonds. The highest BCUT2D eigenvalue weighted by Crippen LogP contribution is 2.14. The highest BCUT2D eigenvalue weighted by Gasteiger charge is 2.11. The lowest BCUT2D eigenvalue weighted by atomic mass is 10.1. The number of hydrogen-bond acceptors (Lipinski definition) is 5. The number of aryl methyl sites for hydroxylation is 1. The van der Waals surface area contributed by atoms with Gasteiger partial charge in [0.2, 0.25) is 10.9 Å². The molecule has 7 heteroatoms. The van der Waals surface area contributed by atoms with Crippen LogP contribution >= 0.6 is 11.3 Å². The van der Waals surface area contributed by atoms with E-state index in [4.69, 9.17) is 0 Å². The average Bonchev–Trinajstić information content (AvgIpc) is 3.07. The minimum Gasteiger partial charge on any atom is -0.350 e. The van der Waals surface area contributed by atoms with Crippen molar-refractivity contribution in [1.82, 2.24) is 25.1 Å². The van der Waals surface area contributed by atoms with Crippen molar-refractivity contribution in [3.8, 4) is 0 Å². The van der Waals surface area contributed by atoms with Gasteiger partial charge in [-0.15, -0.1) is 10.2 Å². The van der Waals surface area contributed by atoms with Crippen LogP contribution in [0.5, 0.6) is 0 Å². The smallest absolute Gasteiger partial charge is 0.234 e. The molecule has 0 spiro atoms. The number of aromatic nitrogens is 4. The summed E-state index contributed by atoms with van der Waals surface area (Å²) in [6.07, 6.45) is 2.59. The van der Waals surface area contributed by atoms with Gasteiger partial charge in [0.1, 0.15) is 11.3 Å². The maximum Gasteiger partial charge on any atom is 0.234 e. The molecule has 0 aliphatic heterocycles. The molecule has 0 aliphatic rings. The molecule has 1 aromatic carbocycles. The Labute approximate surface area is 125 Å². The molecule has 0 bridgehead atoms. The first-order chi connectivity index (χ1) is 10.2. The molecule has 0 fully saturated rings. The fourth-order valence-corrected chi connectivity index (χ4v) is 2.87. The van der Waals surface area contributed by atoms with E-state index in [0.29, 0.717) is 12.8 Å². The zero-order valence-electron chi connectivity index (χ0n) is 11.6. The summed E-state index contributed by atoms with van der Waals surface area (Å²) in [4.78, 5) is 12.7. The van der Waals surface area contributed by atoms with Gasteiger partial charge in [0.25, 0.3) is 0 Å². The Kier molecular flexibility index (Phi) is 3.92. The summed E-state index contributed by atoms with van der Waals surface area (Å²) >= 11 is 1.46. The highest BCUT2D eigenvalue weighted by atomic mass is 32.1. The van der Waals surface area contributed by atoms with Crippen LogP contribution in [0.25, 0.3) is 4.96 Å². The van der Waals surface area contributed by atoms with Crippen molar-refractivity contribution >= 4 is 22.2 Å². The Morgan fingerprint density at radius 1 is 1.38 bits per heavy atom. The van der Waals surface area contributed by atoms with Crippen LogP contribution in [0, 0.1) is 0 Å². The summed E-state index contributed by atoms with van der Waals surface area (Å²) in [7, 11) is 0. The van der Waals surface area contributed by atoms with E-state index in [2.05, 4.69) is 20.6 Å². The number of carbonyl (C=O) groups excluding carboxylic acids is 1. The van der Waals surface area contributed by atoms with Crippen LogP contribution in [0.4, 0.5) is 0 Å². The van der Waals surface area contributed by atoms with Crippen molar-refractivity contribution in [3.05, 3.63) is 47.2 Å². The third kappa shape index (κ3) is 3.25. The van der Waals surface area contributed by atoms with Gasteiger partial charge in [0.15, 0.2) is 0 Å². The predicted molar refractivity (Wildman–Crippen MR) is 80.0 cm³/mol. The lowest BCUT2D eigenvalue weighted by Gasteiger charge is -2.13. The standard InChI is InChI=1S/C14H15N5OS/c1-10(11-5-3-2-4-6-11)16-12(20)7-8-13-18-19-9-15-17-14(19)21-13/h2-6,9-10H,7-8H2,1H3,(H,16,20). The number of rotatable bonds is 5. The van der Waals surface area contributed by atoms with Crippen molar-refractivity contribution in [2.24, 2.45) is 0 Å². The summed E-state index contributed by atoms with van der Waals surface area (Å²) in [5, 5.41) is 15.9. The number of fused-ring (bicyclic) bond motifs is 1. The minimum absolute atomic E-state index is 0.0107. The number of benzene rings is 1. The predicted octanol–water partition coefficient (Wildman–Crippen LogP) is 2.00. The highest BCUT2D eigenvalue weighted by molar-refractivity contribution is 7.16. The van der Waals surface area contributed by atoms with Gasteiger partial charge < -0.3 is 5.32 Å². The third-order valence-corrected chi connectivity index (χ3v) is 4.14. The number of carbonyl (C=O) groups is 1. The second kappa shape index (κ2) is 6.01. The molecule has 21 heavy (non-hydrogen) atoms. The van der Waals surface area contributed by atoms with E-state index in [1.807, 2.05) is 37.3 Å². The number of hydrogen-bond donors (Lipinski definition) is 1. The normalized spacial score (nSPS) is 12.4. The molecule has 0 saturated heterocycles. The lowest BCUT2D eigenvalue weighted by molar-refractivity contribution is -0.121. The Morgan fingerprint density at radius 2 is 2.19 bits per heavy atom. The Morgan fingerprint density at radius 3 is 2.95 bits per heavy atom. The van der Waals surface area contributed by atoms with Crippen LogP contribution in [0.15, 0.2) is 36.7 Å². The molecule has 108 valence electrons. The zero-order valence-corrected chi connectivity index (χ0v) is 12.4. The first-order valence-corrected chi connectivity index (χ1v) is 7.54. The molecule has 1 unspecified atom stereocenters. The van der Waals surface area contributed by atoms with Crippen LogP contribution in [-0.4, -0.2) is 25.7 Å². The largest absolute Gasteiger partial charge is 0.350 e. The van der Waals surface area contributed by atoms with Gasteiger partial charge in [-0.05, 0) is 12.5 Å².